The lowest BCUT2D eigenvalue weighted by Gasteiger charge is -2.34. The quantitative estimate of drug-likeness (QED) is 0.882. The number of hydrogen-bond donors (Lipinski definition) is 2. The highest BCUT2D eigenvalue weighted by Crippen LogP contribution is 2.28. The summed E-state index contributed by atoms with van der Waals surface area (Å²) in [5.74, 6) is 2.37. The maximum atomic E-state index is 9.33. The van der Waals surface area contributed by atoms with E-state index in [-0.39, 0.29) is 6.10 Å². The number of nitrogens with one attached hydrogen (secondary N) is 1. The minimum atomic E-state index is -0.0805. The Morgan fingerprint density at radius 2 is 2.25 bits per heavy atom. The summed E-state index contributed by atoms with van der Waals surface area (Å²) in [7, 11) is 3.98. The summed E-state index contributed by atoms with van der Waals surface area (Å²) in [4.78, 5) is 12.5. The molecule has 2 aromatic heterocycles. The zero-order valence-corrected chi connectivity index (χ0v) is 12.7. The number of hydrogen-bond acceptors (Lipinski definition) is 6. The van der Waals surface area contributed by atoms with Gasteiger partial charge < -0.3 is 10.4 Å². The van der Waals surface area contributed by atoms with Gasteiger partial charge in [-0.3, -0.25) is 4.90 Å². The maximum absolute atomic E-state index is 9.33. The van der Waals surface area contributed by atoms with Gasteiger partial charge in [0.15, 0.2) is 0 Å². The predicted molar refractivity (Wildman–Crippen MR) is 82.0 cm³/mol. The average Bonchev–Trinajstić information content (AvgIpc) is 2.84. The summed E-state index contributed by atoms with van der Waals surface area (Å²) in [6.45, 7) is 1.74. The summed E-state index contributed by atoms with van der Waals surface area (Å²) in [6, 6.07) is 2.05. The number of aromatic nitrogens is 2. The number of fused-ring (bicyclic) bond motifs is 1. The molecule has 108 valence electrons. The van der Waals surface area contributed by atoms with Crippen LogP contribution in [0.5, 0.6) is 0 Å². The number of anilines is 1. The first-order valence-corrected chi connectivity index (χ1v) is 7.82. The number of thiophene rings is 1. The molecule has 0 atom stereocenters. The Balaban J connectivity index is 1.70. The van der Waals surface area contributed by atoms with Crippen molar-refractivity contribution in [1.29, 1.82) is 0 Å². The molecule has 1 aliphatic carbocycles. The molecule has 20 heavy (non-hydrogen) atoms. The van der Waals surface area contributed by atoms with Crippen LogP contribution < -0.4 is 5.32 Å². The van der Waals surface area contributed by atoms with E-state index in [1.807, 2.05) is 12.4 Å². The van der Waals surface area contributed by atoms with Gasteiger partial charge in [0.2, 0.25) is 0 Å². The summed E-state index contributed by atoms with van der Waals surface area (Å²) < 4.78 is 0. The highest BCUT2D eigenvalue weighted by atomic mass is 32.1. The lowest BCUT2D eigenvalue weighted by Crippen LogP contribution is -2.37. The van der Waals surface area contributed by atoms with Crippen molar-refractivity contribution in [3.63, 3.8) is 0 Å². The molecule has 0 aromatic carbocycles. The van der Waals surface area contributed by atoms with Gasteiger partial charge in [-0.2, -0.15) is 0 Å². The monoisotopic (exact) mass is 292 g/mol. The Morgan fingerprint density at radius 3 is 2.95 bits per heavy atom. The van der Waals surface area contributed by atoms with E-state index in [2.05, 4.69) is 33.3 Å². The van der Waals surface area contributed by atoms with Crippen molar-refractivity contribution < 1.29 is 5.11 Å². The number of rotatable bonds is 5. The molecular formula is C14H20N4OS. The van der Waals surface area contributed by atoms with Crippen LogP contribution in [0.1, 0.15) is 18.7 Å². The maximum Gasteiger partial charge on any atom is 0.146 e. The lowest BCUT2D eigenvalue weighted by atomic mass is 9.82. The van der Waals surface area contributed by atoms with Gasteiger partial charge in [-0.05, 0) is 37.3 Å². The van der Waals surface area contributed by atoms with Gasteiger partial charge in [0, 0.05) is 13.6 Å². The van der Waals surface area contributed by atoms with Crippen LogP contribution >= 0.6 is 11.3 Å². The zero-order chi connectivity index (χ0) is 14.1. The number of aliphatic hydroxyl groups is 1. The van der Waals surface area contributed by atoms with Crippen LogP contribution in [0.2, 0.25) is 0 Å². The van der Waals surface area contributed by atoms with Crippen molar-refractivity contribution >= 4 is 27.4 Å². The second kappa shape index (κ2) is 5.63. The molecule has 0 unspecified atom stereocenters. The normalized spacial score (nSPS) is 22.2. The van der Waals surface area contributed by atoms with Crippen molar-refractivity contribution in [2.45, 2.75) is 25.5 Å². The molecule has 1 fully saturated rings. The van der Waals surface area contributed by atoms with Gasteiger partial charge in [0.1, 0.15) is 16.5 Å². The second-order valence-corrected chi connectivity index (χ2v) is 6.46. The molecule has 6 heteroatoms. The van der Waals surface area contributed by atoms with Crippen LogP contribution in [-0.2, 0) is 6.54 Å². The van der Waals surface area contributed by atoms with Crippen molar-refractivity contribution in [1.82, 2.24) is 14.9 Å². The summed E-state index contributed by atoms with van der Waals surface area (Å²) in [5, 5.41) is 15.6. The summed E-state index contributed by atoms with van der Waals surface area (Å²) >= 11 is 1.65. The van der Waals surface area contributed by atoms with E-state index in [0.717, 1.165) is 47.8 Å². The fourth-order valence-corrected chi connectivity index (χ4v) is 3.54. The van der Waals surface area contributed by atoms with Crippen LogP contribution in [0.25, 0.3) is 10.2 Å². The van der Waals surface area contributed by atoms with Crippen LogP contribution in [0.4, 0.5) is 5.82 Å². The fraction of sp³-hybridized carbons (Fsp3) is 0.571. The molecule has 0 saturated heterocycles. The second-order valence-electron chi connectivity index (χ2n) is 5.57. The van der Waals surface area contributed by atoms with Gasteiger partial charge in [-0.1, -0.05) is 0 Å². The van der Waals surface area contributed by atoms with Crippen molar-refractivity contribution in [3.8, 4) is 0 Å². The number of aliphatic hydroxyl groups excluding tert-OH is 1. The largest absolute Gasteiger partial charge is 0.393 e. The first kappa shape index (κ1) is 13.7. The standard InChI is InChI=1S/C14H20N4OS/c1-15-13-11-3-4-20-14(11)17-12(16-13)8-18(2)7-9-5-10(19)6-9/h3-4,9-10,19H,5-8H2,1-2H3,(H,15,16,17). The molecule has 0 aliphatic heterocycles. The van der Waals surface area contributed by atoms with Gasteiger partial charge in [0.05, 0.1) is 18.0 Å². The Hall–Kier alpha value is -1.24. The Morgan fingerprint density at radius 1 is 1.45 bits per heavy atom. The van der Waals surface area contributed by atoms with Crippen molar-refractivity contribution in [3.05, 3.63) is 17.3 Å². The van der Waals surface area contributed by atoms with E-state index >= 15 is 0 Å². The van der Waals surface area contributed by atoms with Gasteiger partial charge in [0.25, 0.3) is 0 Å². The highest BCUT2D eigenvalue weighted by molar-refractivity contribution is 7.16. The molecule has 0 radical (unpaired) electrons. The Kier molecular flexibility index (Phi) is 3.87. The molecule has 0 bridgehead atoms. The van der Waals surface area contributed by atoms with Crippen LogP contribution in [0.15, 0.2) is 11.4 Å². The third-order valence-electron chi connectivity index (χ3n) is 3.80. The van der Waals surface area contributed by atoms with Crippen LogP contribution in [-0.4, -0.2) is 46.7 Å². The third-order valence-corrected chi connectivity index (χ3v) is 4.61. The minimum Gasteiger partial charge on any atom is -0.393 e. The minimum absolute atomic E-state index is 0.0805. The fourth-order valence-electron chi connectivity index (χ4n) is 2.76. The molecular weight excluding hydrogens is 272 g/mol. The Bertz CT molecular complexity index is 594. The molecule has 2 N–H and O–H groups in total. The molecule has 0 amide bonds. The lowest BCUT2D eigenvalue weighted by molar-refractivity contribution is 0.0271. The molecule has 1 aliphatic rings. The molecule has 1 saturated carbocycles. The molecule has 2 aromatic rings. The average molecular weight is 292 g/mol. The number of nitrogens with zero attached hydrogens (tertiary/aromatic N) is 3. The van der Waals surface area contributed by atoms with Crippen LogP contribution in [0, 0.1) is 5.92 Å². The Labute approximate surface area is 122 Å². The van der Waals surface area contributed by atoms with E-state index < -0.39 is 0 Å². The van der Waals surface area contributed by atoms with E-state index in [4.69, 9.17) is 0 Å². The summed E-state index contributed by atoms with van der Waals surface area (Å²) in [6.07, 6.45) is 1.77. The summed E-state index contributed by atoms with van der Waals surface area (Å²) in [5.41, 5.74) is 0. The van der Waals surface area contributed by atoms with Gasteiger partial charge >= 0.3 is 0 Å². The van der Waals surface area contributed by atoms with E-state index in [9.17, 15) is 5.11 Å². The third kappa shape index (κ3) is 2.77. The van der Waals surface area contributed by atoms with Crippen molar-refractivity contribution in [2.24, 2.45) is 5.92 Å². The van der Waals surface area contributed by atoms with Crippen LogP contribution in [0.3, 0.4) is 0 Å². The SMILES string of the molecule is CNc1nc(CN(C)CC2CC(O)C2)nc2sccc12. The van der Waals surface area contributed by atoms with Gasteiger partial charge in [-0.25, -0.2) is 9.97 Å². The van der Waals surface area contributed by atoms with Crippen molar-refractivity contribution in [2.75, 3.05) is 26.0 Å². The zero-order valence-electron chi connectivity index (χ0n) is 11.8. The van der Waals surface area contributed by atoms with Gasteiger partial charge in [-0.15, -0.1) is 11.3 Å². The van der Waals surface area contributed by atoms with E-state index in [0.29, 0.717) is 5.92 Å². The molecule has 0 spiro atoms. The molecule has 3 rings (SSSR count). The molecule has 5 nitrogen and oxygen atoms in total. The highest BCUT2D eigenvalue weighted by Gasteiger charge is 2.28. The first-order chi connectivity index (χ1) is 9.65. The smallest absolute Gasteiger partial charge is 0.146 e. The molecule has 2 heterocycles. The van der Waals surface area contributed by atoms with E-state index in [1.54, 1.807) is 11.3 Å². The van der Waals surface area contributed by atoms with E-state index in [1.165, 1.54) is 0 Å². The first-order valence-electron chi connectivity index (χ1n) is 6.94. The topological polar surface area (TPSA) is 61.3 Å². The predicted octanol–water partition coefficient (Wildman–Crippen LogP) is 1.94.